The summed E-state index contributed by atoms with van der Waals surface area (Å²) in [5.74, 6) is -0.388. The number of hydrogen-bond donors (Lipinski definition) is 2. The minimum atomic E-state index is -0.819. The smallest absolute Gasteiger partial charge is 0.337 e. The topological polar surface area (TPSA) is 49.3 Å². The highest BCUT2D eigenvalue weighted by Crippen LogP contribution is 2.29. The Morgan fingerprint density at radius 2 is 2.38 bits per heavy atom. The van der Waals surface area contributed by atoms with Gasteiger partial charge >= 0.3 is 5.97 Å². The molecule has 1 aliphatic carbocycles. The van der Waals surface area contributed by atoms with Crippen molar-refractivity contribution < 1.29 is 9.90 Å². The molecule has 2 N–H and O–H groups in total. The van der Waals surface area contributed by atoms with Crippen LogP contribution in [-0.2, 0) is 4.79 Å². The van der Waals surface area contributed by atoms with Crippen LogP contribution >= 0.6 is 12.4 Å². The third-order valence-electron chi connectivity index (χ3n) is 2.44. The molecule has 0 bridgehead atoms. The van der Waals surface area contributed by atoms with Crippen LogP contribution < -0.4 is 5.32 Å². The van der Waals surface area contributed by atoms with Gasteiger partial charge in [-0.25, -0.2) is 4.79 Å². The van der Waals surface area contributed by atoms with E-state index >= 15 is 0 Å². The summed E-state index contributed by atoms with van der Waals surface area (Å²) in [5.41, 5.74) is 1.38. The van der Waals surface area contributed by atoms with Crippen LogP contribution in [0.1, 0.15) is 12.8 Å². The van der Waals surface area contributed by atoms with E-state index in [9.17, 15) is 4.79 Å². The zero-order valence-corrected chi connectivity index (χ0v) is 7.93. The first-order valence-electron chi connectivity index (χ1n) is 4.17. The minimum absolute atomic E-state index is 0. The molecule has 1 atom stereocenters. The minimum Gasteiger partial charge on any atom is -0.478 e. The second-order valence-corrected chi connectivity index (χ2v) is 3.18. The summed E-state index contributed by atoms with van der Waals surface area (Å²) < 4.78 is 0. The Labute approximate surface area is 82.9 Å². The Bertz CT molecular complexity index is 283. The second-order valence-electron chi connectivity index (χ2n) is 3.18. The average Bonchev–Trinajstić information content (AvgIpc) is 2.49. The van der Waals surface area contributed by atoms with E-state index in [4.69, 9.17) is 5.11 Å². The number of halogens is 1. The van der Waals surface area contributed by atoms with Gasteiger partial charge in [-0.3, -0.25) is 0 Å². The summed E-state index contributed by atoms with van der Waals surface area (Å²) in [4.78, 5) is 10.7. The normalized spacial score (nSPS) is 24.8. The van der Waals surface area contributed by atoms with E-state index < -0.39 is 5.97 Å². The van der Waals surface area contributed by atoms with Crippen molar-refractivity contribution in [2.75, 3.05) is 6.54 Å². The molecule has 1 aliphatic heterocycles. The fraction of sp³-hybridized carbons (Fsp3) is 0.444. The number of allylic oxidation sites excluding steroid dienone is 2. The van der Waals surface area contributed by atoms with Crippen LogP contribution in [0.4, 0.5) is 0 Å². The van der Waals surface area contributed by atoms with Crippen LogP contribution in [0.15, 0.2) is 23.4 Å². The van der Waals surface area contributed by atoms with Gasteiger partial charge in [0.05, 0.1) is 5.57 Å². The van der Waals surface area contributed by atoms with Crippen LogP contribution in [0.25, 0.3) is 0 Å². The molecule has 0 aromatic rings. The summed E-state index contributed by atoms with van der Waals surface area (Å²) in [6.45, 7) is 0.915. The summed E-state index contributed by atoms with van der Waals surface area (Å²) >= 11 is 0. The fourth-order valence-electron chi connectivity index (χ4n) is 1.85. The molecule has 2 aliphatic rings. The van der Waals surface area contributed by atoms with E-state index in [1.165, 1.54) is 0 Å². The van der Waals surface area contributed by atoms with Crippen LogP contribution in [0.3, 0.4) is 0 Å². The zero-order chi connectivity index (χ0) is 8.55. The van der Waals surface area contributed by atoms with Crippen molar-refractivity contribution in [1.29, 1.82) is 0 Å². The molecule has 0 aromatic carbocycles. The monoisotopic (exact) mass is 201 g/mol. The molecule has 13 heavy (non-hydrogen) atoms. The van der Waals surface area contributed by atoms with Crippen molar-refractivity contribution in [2.45, 2.75) is 12.8 Å². The molecule has 0 radical (unpaired) electrons. The van der Waals surface area contributed by atoms with Gasteiger partial charge in [0.15, 0.2) is 0 Å². The van der Waals surface area contributed by atoms with Gasteiger partial charge < -0.3 is 10.4 Å². The van der Waals surface area contributed by atoms with Crippen LogP contribution in [0.2, 0.25) is 0 Å². The van der Waals surface area contributed by atoms with Gasteiger partial charge in [-0.15, -0.1) is 12.4 Å². The molecule has 4 heteroatoms. The van der Waals surface area contributed by atoms with Gasteiger partial charge in [0.2, 0.25) is 0 Å². The van der Waals surface area contributed by atoms with E-state index in [2.05, 4.69) is 5.32 Å². The molecule has 0 aromatic heterocycles. The molecule has 72 valence electrons. The Hall–Kier alpha value is -0.960. The molecule has 1 heterocycles. The first kappa shape index (κ1) is 10.1. The summed E-state index contributed by atoms with van der Waals surface area (Å²) in [6, 6.07) is 0. The van der Waals surface area contributed by atoms with E-state index in [1.807, 2.05) is 6.08 Å². The van der Waals surface area contributed by atoms with E-state index in [0.717, 1.165) is 25.1 Å². The molecule has 0 amide bonds. The molecule has 0 spiro atoms. The quantitative estimate of drug-likeness (QED) is 0.673. The lowest BCUT2D eigenvalue weighted by Crippen LogP contribution is -2.16. The van der Waals surface area contributed by atoms with Crippen LogP contribution in [0, 0.1) is 5.92 Å². The highest BCUT2D eigenvalue weighted by Gasteiger charge is 2.27. The first-order chi connectivity index (χ1) is 5.79. The average molecular weight is 202 g/mol. The standard InChI is InChI=1S/C9H11NO2.ClH/c11-9(12)7-3-1-2-6-4-5-10-8(6)7;/h1,3,6,10H,2,4-5H2,(H,11,12);1H. The maximum absolute atomic E-state index is 10.7. The number of fused-ring (bicyclic) bond motifs is 1. The largest absolute Gasteiger partial charge is 0.478 e. The predicted octanol–water partition coefficient (Wildman–Crippen LogP) is 1.32. The van der Waals surface area contributed by atoms with Crippen molar-refractivity contribution in [1.82, 2.24) is 5.32 Å². The number of carboxylic acid groups (broad SMARTS) is 1. The number of carboxylic acids is 1. The van der Waals surface area contributed by atoms with E-state index in [-0.39, 0.29) is 12.4 Å². The van der Waals surface area contributed by atoms with Crippen molar-refractivity contribution >= 4 is 18.4 Å². The zero-order valence-electron chi connectivity index (χ0n) is 7.12. The molecule has 3 nitrogen and oxygen atoms in total. The Morgan fingerprint density at radius 1 is 1.62 bits per heavy atom. The van der Waals surface area contributed by atoms with Crippen molar-refractivity contribution in [3.05, 3.63) is 23.4 Å². The van der Waals surface area contributed by atoms with Crippen molar-refractivity contribution in [2.24, 2.45) is 5.92 Å². The predicted molar refractivity (Wildman–Crippen MR) is 51.8 cm³/mol. The molecular formula is C9H12ClNO2. The number of rotatable bonds is 1. The molecule has 0 saturated carbocycles. The molecule has 1 saturated heterocycles. The highest BCUT2D eigenvalue weighted by molar-refractivity contribution is 5.91. The SMILES string of the molecule is Cl.O=C(O)C1=C2NCCC2CC=C1. The van der Waals surface area contributed by atoms with E-state index in [0.29, 0.717) is 11.5 Å². The number of hydrogen-bond acceptors (Lipinski definition) is 2. The van der Waals surface area contributed by atoms with Gasteiger partial charge in [-0.1, -0.05) is 6.08 Å². The van der Waals surface area contributed by atoms with Gasteiger partial charge in [0, 0.05) is 18.2 Å². The summed E-state index contributed by atoms with van der Waals surface area (Å²) in [5, 5.41) is 12.0. The highest BCUT2D eigenvalue weighted by atomic mass is 35.5. The lowest BCUT2D eigenvalue weighted by atomic mass is 9.93. The Morgan fingerprint density at radius 3 is 3.08 bits per heavy atom. The van der Waals surface area contributed by atoms with Crippen molar-refractivity contribution in [3.8, 4) is 0 Å². The first-order valence-corrected chi connectivity index (χ1v) is 4.17. The maximum Gasteiger partial charge on any atom is 0.337 e. The number of nitrogens with one attached hydrogen (secondary N) is 1. The van der Waals surface area contributed by atoms with Crippen LogP contribution in [-0.4, -0.2) is 17.6 Å². The summed E-state index contributed by atoms with van der Waals surface area (Å²) in [6.07, 6.45) is 5.70. The molecule has 2 rings (SSSR count). The van der Waals surface area contributed by atoms with E-state index in [1.54, 1.807) is 6.08 Å². The maximum atomic E-state index is 10.7. The number of carbonyl (C=O) groups is 1. The Balaban J connectivity index is 0.000000845. The van der Waals surface area contributed by atoms with Gasteiger partial charge in [-0.05, 0) is 18.9 Å². The third-order valence-corrected chi connectivity index (χ3v) is 2.44. The second kappa shape index (κ2) is 3.83. The van der Waals surface area contributed by atoms with Crippen molar-refractivity contribution in [3.63, 3.8) is 0 Å². The molecule has 1 unspecified atom stereocenters. The molecular weight excluding hydrogens is 190 g/mol. The van der Waals surface area contributed by atoms with Gasteiger partial charge in [0.1, 0.15) is 0 Å². The lowest BCUT2D eigenvalue weighted by molar-refractivity contribution is -0.132. The Kier molecular flexibility index (Phi) is 2.98. The van der Waals surface area contributed by atoms with Gasteiger partial charge in [-0.2, -0.15) is 0 Å². The lowest BCUT2D eigenvalue weighted by Gasteiger charge is -2.15. The molecule has 1 fully saturated rings. The van der Waals surface area contributed by atoms with Crippen LogP contribution in [0.5, 0.6) is 0 Å². The third kappa shape index (κ3) is 1.70. The summed E-state index contributed by atoms with van der Waals surface area (Å²) in [7, 11) is 0. The number of aliphatic carboxylic acids is 1. The van der Waals surface area contributed by atoms with Gasteiger partial charge in [0.25, 0.3) is 0 Å². The fourth-order valence-corrected chi connectivity index (χ4v) is 1.85.